The van der Waals surface area contributed by atoms with E-state index in [9.17, 15) is 23.1 Å². The van der Waals surface area contributed by atoms with Crippen LogP contribution in [0.1, 0.15) is 80.3 Å². The molecule has 0 bridgehead atoms. The first-order chi connectivity index (χ1) is 15.6. The second-order valence-electron chi connectivity index (χ2n) is 9.14. The molecule has 3 heterocycles. The van der Waals surface area contributed by atoms with Crippen LogP contribution in [-0.4, -0.2) is 25.5 Å². The van der Waals surface area contributed by atoms with Crippen molar-refractivity contribution < 1.29 is 23.1 Å². The molecule has 1 N–H and O–H groups in total. The van der Waals surface area contributed by atoms with Crippen molar-refractivity contribution in [2.45, 2.75) is 76.0 Å². The number of unbranched alkanes of at least 4 members (excludes halogenated alkanes) is 1. The molecule has 3 aromatic heterocycles. The Morgan fingerprint density at radius 3 is 2.64 bits per heavy atom. The maximum Gasteiger partial charge on any atom is 0.416 e. The molecule has 8 heteroatoms. The molecule has 33 heavy (non-hydrogen) atoms. The summed E-state index contributed by atoms with van der Waals surface area (Å²) in [6, 6.07) is 7.48. The lowest BCUT2D eigenvalue weighted by Gasteiger charge is -2.26. The zero-order valence-electron chi connectivity index (χ0n) is 18.6. The van der Waals surface area contributed by atoms with Crippen molar-refractivity contribution in [1.29, 1.82) is 0 Å². The van der Waals surface area contributed by atoms with Crippen LogP contribution < -0.4 is 0 Å². The van der Waals surface area contributed by atoms with Crippen LogP contribution in [0.3, 0.4) is 0 Å². The van der Waals surface area contributed by atoms with Gasteiger partial charge in [0.1, 0.15) is 11.4 Å². The van der Waals surface area contributed by atoms with Crippen molar-refractivity contribution in [3.05, 3.63) is 65.2 Å². The first-order valence-electron chi connectivity index (χ1n) is 11.4. The fourth-order valence-corrected chi connectivity index (χ4v) is 4.47. The van der Waals surface area contributed by atoms with Gasteiger partial charge in [0, 0.05) is 30.8 Å². The van der Waals surface area contributed by atoms with E-state index in [1.165, 1.54) is 12.3 Å². The molecule has 0 aliphatic heterocycles. The molecule has 1 aliphatic carbocycles. The molecule has 4 rings (SSSR count). The number of hydrogen-bond acceptors (Lipinski definition) is 4. The minimum absolute atomic E-state index is 0.00801. The minimum atomic E-state index is -4.39. The van der Waals surface area contributed by atoms with Gasteiger partial charge in [0.05, 0.1) is 22.5 Å². The maximum atomic E-state index is 13.2. The Morgan fingerprint density at radius 2 is 2.00 bits per heavy atom. The minimum Gasteiger partial charge on any atom is -0.383 e. The Kier molecular flexibility index (Phi) is 6.56. The Bertz CT molecular complexity index is 1120. The Morgan fingerprint density at radius 1 is 1.21 bits per heavy atom. The zero-order valence-corrected chi connectivity index (χ0v) is 18.6. The van der Waals surface area contributed by atoms with Crippen molar-refractivity contribution in [1.82, 2.24) is 14.6 Å². The highest BCUT2D eigenvalue weighted by Gasteiger charge is 2.33. The van der Waals surface area contributed by atoms with Gasteiger partial charge in [-0.2, -0.15) is 18.3 Å². The topological polar surface area (TPSA) is 67.5 Å². The van der Waals surface area contributed by atoms with Crippen molar-refractivity contribution in [3.8, 4) is 0 Å². The molecule has 1 aliphatic rings. The average Bonchev–Trinajstić information content (AvgIpc) is 3.07. The van der Waals surface area contributed by atoms with E-state index in [0.717, 1.165) is 36.6 Å². The van der Waals surface area contributed by atoms with E-state index in [1.54, 1.807) is 35.8 Å². The summed E-state index contributed by atoms with van der Waals surface area (Å²) in [6.07, 6.45) is 3.84. The molecule has 0 amide bonds. The van der Waals surface area contributed by atoms with Crippen LogP contribution in [0.4, 0.5) is 13.2 Å². The molecule has 0 saturated heterocycles. The number of carbonyl (C=O) groups excluding carboxylic acids is 1. The molecule has 0 radical (unpaired) electrons. The van der Waals surface area contributed by atoms with Gasteiger partial charge in [-0.15, -0.1) is 0 Å². The number of rotatable bonds is 9. The monoisotopic (exact) mass is 459 g/mol. The Hall–Kier alpha value is -2.74. The Balaban J connectivity index is 1.39. The van der Waals surface area contributed by atoms with Crippen molar-refractivity contribution in [2.24, 2.45) is 0 Å². The van der Waals surface area contributed by atoms with Crippen LogP contribution in [-0.2, 0) is 23.0 Å². The fourth-order valence-electron chi connectivity index (χ4n) is 4.47. The van der Waals surface area contributed by atoms with Gasteiger partial charge in [0.2, 0.25) is 0 Å². The summed E-state index contributed by atoms with van der Waals surface area (Å²) < 4.78 is 41.2. The van der Waals surface area contributed by atoms with E-state index in [4.69, 9.17) is 0 Å². The van der Waals surface area contributed by atoms with Gasteiger partial charge in [-0.25, -0.2) is 4.52 Å². The number of aliphatic hydroxyl groups is 1. The normalized spacial score (nSPS) is 16.5. The smallest absolute Gasteiger partial charge is 0.383 e. The largest absolute Gasteiger partial charge is 0.416 e. The van der Waals surface area contributed by atoms with Crippen molar-refractivity contribution in [3.63, 3.8) is 0 Å². The highest BCUT2D eigenvalue weighted by molar-refractivity contribution is 5.79. The molecule has 176 valence electrons. The highest BCUT2D eigenvalue weighted by atomic mass is 19.4. The zero-order chi connectivity index (χ0) is 23.6. The molecule has 0 aromatic carbocycles. The van der Waals surface area contributed by atoms with E-state index in [2.05, 4.69) is 10.1 Å². The third-order valence-electron chi connectivity index (χ3n) is 6.47. The van der Waals surface area contributed by atoms with Gasteiger partial charge in [-0.3, -0.25) is 9.78 Å². The summed E-state index contributed by atoms with van der Waals surface area (Å²) in [6.45, 7) is 1.59. The lowest BCUT2D eigenvalue weighted by atomic mass is 9.78. The van der Waals surface area contributed by atoms with Crippen LogP contribution in [0.25, 0.3) is 5.52 Å². The number of aromatic nitrogens is 3. The molecule has 0 unspecified atom stereocenters. The summed E-state index contributed by atoms with van der Waals surface area (Å²) in [5.74, 6) is 0.200. The number of alkyl halides is 3. The number of halogens is 3. The molecule has 3 aromatic rings. The number of pyridine rings is 2. The summed E-state index contributed by atoms with van der Waals surface area (Å²) in [4.78, 5) is 16.6. The SMILES string of the molecule is C[C@](O)(CC(=O)CCCCc1nn2ccc(C(F)(F)F)cc2c1C1CCC1)c1ccccn1. The Labute approximate surface area is 190 Å². The second-order valence-corrected chi connectivity index (χ2v) is 9.14. The maximum absolute atomic E-state index is 13.2. The van der Waals surface area contributed by atoms with Crippen LogP contribution in [0.5, 0.6) is 0 Å². The number of fused-ring (bicyclic) bond motifs is 1. The molecule has 1 fully saturated rings. The predicted molar refractivity (Wildman–Crippen MR) is 118 cm³/mol. The first-order valence-corrected chi connectivity index (χ1v) is 11.4. The summed E-state index contributed by atoms with van der Waals surface area (Å²) in [7, 11) is 0. The van der Waals surface area contributed by atoms with Crippen LogP contribution in [0.2, 0.25) is 0 Å². The fraction of sp³-hybridized carbons (Fsp3) is 0.480. The van der Waals surface area contributed by atoms with Crippen LogP contribution >= 0.6 is 0 Å². The second kappa shape index (κ2) is 9.25. The summed E-state index contributed by atoms with van der Waals surface area (Å²) >= 11 is 0. The van der Waals surface area contributed by atoms with Gasteiger partial charge < -0.3 is 5.11 Å². The lowest BCUT2D eigenvalue weighted by Crippen LogP contribution is -2.26. The quantitative estimate of drug-likeness (QED) is 0.423. The van der Waals surface area contributed by atoms with E-state index in [0.29, 0.717) is 36.9 Å². The van der Waals surface area contributed by atoms with Gasteiger partial charge >= 0.3 is 6.18 Å². The van der Waals surface area contributed by atoms with Crippen LogP contribution in [0.15, 0.2) is 42.7 Å². The van der Waals surface area contributed by atoms with Gasteiger partial charge in [-0.05, 0) is 69.2 Å². The summed E-state index contributed by atoms with van der Waals surface area (Å²) in [5, 5.41) is 15.2. The first kappa shape index (κ1) is 23.4. The lowest BCUT2D eigenvalue weighted by molar-refractivity contribution is -0.137. The molecule has 5 nitrogen and oxygen atoms in total. The number of ketones is 1. The average molecular weight is 460 g/mol. The molecular weight excluding hydrogens is 431 g/mol. The van der Waals surface area contributed by atoms with Crippen molar-refractivity contribution >= 4 is 11.3 Å². The molecule has 0 spiro atoms. The third kappa shape index (κ3) is 5.27. The molecule has 1 saturated carbocycles. The number of carbonyl (C=O) groups is 1. The summed E-state index contributed by atoms with van der Waals surface area (Å²) in [5.41, 5.74) is 0.780. The standard InChI is InChI=1S/C25H28F3N3O2/c1-24(33,22-11-4-5-13-29-22)16-19(32)9-2-3-10-20-23(17-7-6-8-17)21-15-18(25(26,27)28)12-14-31(21)30-20/h4-5,11-15,17,33H,2-3,6-10,16H2,1H3/t24-/m0/s1. The van der Waals surface area contributed by atoms with E-state index in [1.807, 2.05) is 0 Å². The molecule has 1 atom stereocenters. The third-order valence-corrected chi connectivity index (χ3v) is 6.47. The van der Waals surface area contributed by atoms with Crippen molar-refractivity contribution in [2.75, 3.05) is 0 Å². The number of hydrogen-bond donors (Lipinski definition) is 1. The van der Waals surface area contributed by atoms with Crippen LogP contribution in [0, 0.1) is 0 Å². The van der Waals surface area contributed by atoms with Gasteiger partial charge in [-0.1, -0.05) is 12.5 Å². The number of Topliss-reactive ketones (excluding diaryl/α,β-unsaturated/α-hetero) is 1. The molecular formula is C25H28F3N3O2. The van der Waals surface area contributed by atoms with E-state index >= 15 is 0 Å². The predicted octanol–water partition coefficient (Wildman–Crippen LogP) is 5.60. The van der Waals surface area contributed by atoms with E-state index < -0.39 is 17.3 Å². The van der Waals surface area contributed by atoms with E-state index in [-0.39, 0.29) is 18.1 Å². The van der Waals surface area contributed by atoms with Gasteiger partial charge in [0.15, 0.2) is 0 Å². The highest BCUT2D eigenvalue weighted by Crippen LogP contribution is 2.41. The number of nitrogens with zero attached hydrogens (tertiary/aromatic N) is 3. The number of aryl methyl sites for hydroxylation is 1. The van der Waals surface area contributed by atoms with Gasteiger partial charge in [0.25, 0.3) is 0 Å².